The number of halogens is 1. The van der Waals surface area contributed by atoms with Crippen LogP contribution in [0.25, 0.3) is 0 Å². The third kappa shape index (κ3) is 3.30. The quantitative estimate of drug-likeness (QED) is 0.851. The van der Waals surface area contributed by atoms with Crippen LogP contribution in [0.4, 0.5) is 0 Å². The highest BCUT2D eigenvalue weighted by Gasteiger charge is 2.37. The summed E-state index contributed by atoms with van der Waals surface area (Å²) in [5.41, 5.74) is 1.22. The molecule has 1 aliphatic rings. The number of furan rings is 1. The van der Waals surface area contributed by atoms with Gasteiger partial charge in [0.25, 0.3) is 5.91 Å². The zero-order valence-electron chi connectivity index (χ0n) is 14.0. The van der Waals surface area contributed by atoms with Gasteiger partial charge in [0.2, 0.25) is 5.91 Å². The number of benzene rings is 1. The number of carboxylic acid groups (broad SMARTS) is 1. The fourth-order valence-corrected chi connectivity index (χ4v) is 3.33. The number of hydrogen-bond donors (Lipinski definition) is 2. The largest absolute Gasteiger partial charge is 0.481 e. The molecule has 0 saturated carbocycles. The molecular weight excluding hydrogens is 360 g/mol. The Kier molecular flexibility index (Phi) is 4.99. The topological polar surface area (TPSA) is 99.8 Å². The van der Waals surface area contributed by atoms with Crippen LogP contribution in [0.5, 0.6) is 0 Å². The highest BCUT2D eigenvalue weighted by Crippen LogP contribution is 2.31. The molecule has 0 aliphatic carbocycles. The van der Waals surface area contributed by atoms with Gasteiger partial charge in [0.1, 0.15) is 18.2 Å². The van der Waals surface area contributed by atoms with E-state index >= 15 is 0 Å². The number of hydrogen-bond acceptors (Lipinski definition) is 4. The lowest BCUT2D eigenvalue weighted by Crippen LogP contribution is -2.52. The minimum Gasteiger partial charge on any atom is -0.481 e. The van der Waals surface area contributed by atoms with Gasteiger partial charge >= 0.3 is 5.97 Å². The van der Waals surface area contributed by atoms with Gasteiger partial charge in [-0.15, -0.1) is 0 Å². The third-order valence-electron chi connectivity index (χ3n) is 4.25. The molecule has 2 N–H and O–H groups in total. The van der Waals surface area contributed by atoms with E-state index in [-0.39, 0.29) is 23.8 Å². The summed E-state index contributed by atoms with van der Waals surface area (Å²) in [6, 6.07) is 5.94. The fraction of sp³-hybridized carbons (Fsp3) is 0.278. The molecule has 8 heteroatoms. The third-order valence-corrected chi connectivity index (χ3v) is 4.59. The predicted molar refractivity (Wildman–Crippen MR) is 93.0 cm³/mol. The maximum Gasteiger partial charge on any atom is 0.311 e. The summed E-state index contributed by atoms with van der Waals surface area (Å²) >= 11 is 6.23. The minimum atomic E-state index is -1.10. The van der Waals surface area contributed by atoms with Crippen molar-refractivity contribution in [3.63, 3.8) is 0 Å². The number of piperazine rings is 1. The van der Waals surface area contributed by atoms with Gasteiger partial charge in [-0.25, -0.2) is 0 Å². The molecule has 3 rings (SSSR count). The predicted octanol–water partition coefficient (Wildman–Crippen LogP) is 2.18. The molecule has 1 unspecified atom stereocenters. The lowest BCUT2D eigenvalue weighted by Gasteiger charge is -2.35. The second kappa shape index (κ2) is 7.21. The Balaban J connectivity index is 2.02. The summed E-state index contributed by atoms with van der Waals surface area (Å²) in [7, 11) is 0. The van der Waals surface area contributed by atoms with Gasteiger partial charge in [-0.1, -0.05) is 29.8 Å². The van der Waals surface area contributed by atoms with Crippen LogP contribution in [0.15, 0.2) is 34.9 Å². The van der Waals surface area contributed by atoms with Crippen molar-refractivity contribution in [3.8, 4) is 0 Å². The molecule has 1 aromatic heterocycles. The number of carbonyl (C=O) groups is 3. The van der Waals surface area contributed by atoms with Crippen molar-refractivity contribution >= 4 is 29.4 Å². The summed E-state index contributed by atoms with van der Waals surface area (Å²) < 4.78 is 5.25. The summed E-state index contributed by atoms with van der Waals surface area (Å²) in [4.78, 5) is 38.1. The molecule has 2 heterocycles. The van der Waals surface area contributed by atoms with Crippen molar-refractivity contribution in [2.24, 2.45) is 0 Å². The van der Waals surface area contributed by atoms with Crippen molar-refractivity contribution < 1.29 is 23.9 Å². The first-order chi connectivity index (χ1) is 12.4. The average molecular weight is 377 g/mol. The van der Waals surface area contributed by atoms with E-state index in [0.717, 1.165) is 0 Å². The van der Waals surface area contributed by atoms with Gasteiger partial charge in [0.15, 0.2) is 0 Å². The smallest absolute Gasteiger partial charge is 0.311 e. The van der Waals surface area contributed by atoms with E-state index in [4.69, 9.17) is 21.1 Å². The molecule has 1 aliphatic heterocycles. The van der Waals surface area contributed by atoms with Gasteiger partial charge in [-0.05, 0) is 13.0 Å². The van der Waals surface area contributed by atoms with Crippen molar-refractivity contribution in [1.82, 2.24) is 10.2 Å². The Morgan fingerprint density at radius 3 is 2.81 bits per heavy atom. The lowest BCUT2D eigenvalue weighted by atomic mass is 10.00. The first-order valence-corrected chi connectivity index (χ1v) is 8.39. The second-order valence-electron chi connectivity index (χ2n) is 6.00. The van der Waals surface area contributed by atoms with Crippen LogP contribution >= 0.6 is 11.6 Å². The monoisotopic (exact) mass is 376 g/mol. The van der Waals surface area contributed by atoms with Crippen molar-refractivity contribution in [2.75, 3.05) is 13.1 Å². The van der Waals surface area contributed by atoms with E-state index in [1.165, 1.54) is 11.2 Å². The number of aryl methyl sites for hydroxylation is 1. The molecule has 2 amide bonds. The Morgan fingerprint density at radius 2 is 2.12 bits per heavy atom. The van der Waals surface area contributed by atoms with E-state index in [2.05, 4.69) is 5.32 Å². The standard InChI is InChI=1S/C18H17ClN2O5/c1-10-9-26-13(8-14(22)23)15(10)18(25)21-7-6-20-17(24)16(21)11-4-2-3-5-12(11)19/h2-5,9,16H,6-8H2,1H3,(H,20,24)(H,22,23). The van der Waals surface area contributed by atoms with Crippen LogP contribution in [0.1, 0.15) is 33.3 Å². The first kappa shape index (κ1) is 18.0. The second-order valence-corrected chi connectivity index (χ2v) is 6.41. The average Bonchev–Trinajstić information content (AvgIpc) is 2.94. The van der Waals surface area contributed by atoms with Crippen LogP contribution in [-0.2, 0) is 16.0 Å². The first-order valence-electron chi connectivity index (χ1n) is 8.02. The molecule has 0 bridgehead atoms. The molecule has 26 heavy (non-hydrogen) atoms. The molecule has 1 fully saturated rings. The molecular formula is C18H17ClN2O5. The van der Waals surface area contributed by atoms with Crippen LogP contribution in [0.3, 0.4) is 0 Å². The highest BCUT2D eigenvalue weighted by atomic mass is 35.5. The van der Waals surface area contributed by atoms with Crippen LogP contribution < -0.4 is 5.32 Å². The maximum absolute atomic E-state index is 13.2. The normalized spacial score (nSPS) is 17.1. The Morgan fingerprint density at radius 1 is 1.38 bits per heavy atom. The SMILES string of the molecule is Cc1coc(CC(=O)O)c1C(=O)N1CCNC(=O)C1c1ccccc1Cl. The number of carboxylic acids is 1. The number of nitrogens with one attached hydrogen (secondary N) is 1. The molecule has 1 atom stereocenters. The number of aliphatic carboxylic acids is 1. The van der Waals surface area contributed by atoms with Gasteiger partial charge in [-0.2, -0.15) is 0 Å². The Bertz CT molecular complexity index is 876. The van der Waals surface area contributed by atoms with Crippen molar-refractivity contribution in [2.45, 2.75) is 19.4 Å². The summed E-state index contributed by atoms with van der Waals surface area (Å²) in [6.45, 7) is 2.24. The van der Waals surface area contributed by atoms with Crippen LogP contribution in [0.2, 0.25) is 5.02 Å². The molecule has 2 aromatic rings. The maximum atomic E-state index is 13.2. The molecule has 0 radical (unpaired) electrons. The number of nitrogens with zero attached hydrogens (tertiary/aromatic N) is 1. The molecule has 7 nitrogen and oxygen atoms in total. The van der Waals surface area contributed by atoms with Gasteiger partial charge < -0.3 is 19.7 Å². The van der Waals surface area contributed by atoms with E-state index in [1.807, 2.05) is 0 Å². The zero-order chi connectivity index (χ0) is 18.8. The van der Waals surface area contributed by atoms with E-state index < -0.39 is 24.3 Å². The highest BCUT2D eigenvalue weighted by molar-refractivity contribution is 6.31. The molecule has 1 saturated heterocycles. The number of amides is 2. The van der Waals surface area contributed by atoms with E-state index in [1.54, 1.807) is 31.2 Å². The molecule has 1 aromatic carbocycles. The lowest BCUT2D eigenvalue weighted by molar-refractivity contribution is -0.136. The summed E-state index contributed by atoms with van der Waals surface area (Å²) in [5, 5.41) is 12.2. The van der Waals surface area contributed by atoms with Crippen LogP contribution in [0, 0.1) is 6.92 Å². The van der Waals surface area contributed by atoms with Crippen molar-refractivity contribution in [3.05, 3.63) is 58.0 Å². The number of rotatable bonds is 4. The Hall–Kier alpha value is -2.80. The summed E-state index contributed by atoms with van der Waals surface area (Å²) in [5.74, 6) is -1.82. The number of carbonyl (C=O) groups excluding carboxylic acids is 2. The zero-order valence-corrected chi connectivity index (χ0v) is 14.7. The van der Waals surface area contributed by atoms with Gasteiger partial charge in [0.05, 0.1) is 11.8 Å². The molecule has 136 valence electrons. The van der Waals surface area contributed by atoms with E-state index in [0.29, 0.717) is 22.7 Å². The fourth-order valence-electron chi connectivity index (χ4n) is 3.09. The van der Waals surface area contributed by atoms with Gasteiger partial charge in [0, 0.05) is 29.2 Å². The van der Waals surface area contributed by atoms with Crippen molar-refractivity contribution in [1.29, 1.82) is 0 Å². The minimum absolute atomic E-state index is 0.0730. The molecule has 0 spiro atoms. The Labute approximate surface area is 154 Å². The van der Waals surface area contributed by atoms with E-state index in [9.17, 15) is 14.4 Å². The van der Waals surface area contributed by atoms with Gasteiger partial charge in [-0.3, -0.25) is 14.4 Å². The summed E-state index contributed by atoms with van der Waals surface area (Å²) in [6.07, 6.45) is 0.936. The van der Waals surface area contributed by atoms with Crippen LogP contribution in [-0.4, -0.2) is 40.9 Å².